The van der Waals surface area contributed by atoms with Crippen LogP contribution in [0.1, 0.15) is 30.0 Å². The average Bonchev–Trinajstić information content (AvgIpc) is 3.18. The van der Waals surface area contributed by atoms with Gasteiger partial charge in [-0.3, -0.25) is 0 Å². The van der Waals surface area contributed by atoms with Crippen molar-refractivity contribution in [3.8, 4) is 17.2 Å². The van der Waals surface area contributed by atoms with Gasteiger partial charge in [-0.15, -0.1) is 0 Å². The molecule has 0 fully saturated rings. The van der Waals surface area contributed by atoms with Crippen molar-refractivity contribution < 1.29 is 33.1 Å². The van der Waals surface area contributed by atoms with Crippen LogP contribution in [-0.2, 0) is 11.3 Å². The number of quaternary nitrogens is 1. The molecule has 166 valence electrons. The molecule has 0 spiro atoms. The molecule has 0 saturated heterocycles. The maximum Gasteiger partial charge on any atom is 0.342 e. The Morgan fingerprint density at radius 2 is 1.58 bits per heavy atom. The second kappa shape index (κ2) is 10.7. The Morgan fingerprint density at radius 3 is 2.23 bits per heavy atom. The Morgan fingerprint density at radius 1 is 0.935 bits per heavy atom. The first-order valence-electron chi connectivity index (χ1n) is 10.5. The van der Waals surface area contributed by atoms with Crippen molar-refractivity contribution in [3.05, 3.63) is 53.8 Å². The van der Waals surface area contributed by atoms with Gasteiger partial charge in [-0.2, -0.15) is 0 Å². The number of esters is 1. The highest BCUT2D eigenvalue weighted by molar-refractivity contribution is 6.05. The van der Waals surface area contributed by atoms with E-state index in [0.29, 0.717) is 40.4 Å². The normalized spacial score (nSPS) is 11.0. The van der Waals surface area contributed by atoms with E-state index in [1.165, 1.54) is 4.90 Å². The predicted molar refractivity (Wildman–Crippen MR) is 117 cm³/mol. The van der Waals surface area contributed by atoms with Gasteiger partial charge in [0.1, 0.15) is 48.2 Å². The predicted octanol–water partition coefficient (Wildman–Crippen LogP) is 3.11. The van der Waals surface area contributed by atoms with E-state index < -0.39 is 5.97 Å². The van der Waals surface area contributed by atoms with Crippen molar-refractivity contribution in [2.24, 2.45) is 0 Å². The zero-order chi connectivity index (χ0) is 22.2. The first kappa shape index (κ1) is 22.5. The van der Waals surface area contributed by atoms with Gasteiger partial charge < -0.3 is 28.3 Å². The highest BCUT2D eigenvalue weighted by Gasteiger charge is 2.23. The summed E-state index contributed by atoms with van der Waals surface area (Å²) in [4.78, 5) is 14.4. The largest absolute Gasteiger partial charge is 0.497 e. The fourth-order valence-corrected chi connectivity index (χ4v) is 3.36. The number of benzene rings is 2. The quantitative estimate of drug-likeness (QED) is 0.473. The summed E-state index contributed by atoms with van der Waals surface area (Å²) in [7, 11) is 3.19. The fraction of sp³-hybridized carbons (Fsp3) is 0.375. The topological polar surface area (TPSA) is 71.6 Å². The van der Waals surface area contributed by atoms with Gasteiger partial charge in [-0.25, -0.2) is 4.79 Å². The molecular formula is C24H30NO6+. The molecule has 0 radical (unpaired) electrons. The number of carbonyl (C=O) groups is 1. The van der Waals surface area contributed by atoms with Gasteiger partial charge >= 0.3 is 5.97 Å². The van der Waals surface area contributed by atoms with Crippen LogP contribution < -0.4 is 19.1 Å². The molecule has 3 aromatic rings. The Kier molecular flexibility index (Phi) is 7.78. The van der Waals surface area contributed by atoms with Crippen LogP contribution in [0.5, 0.6) is 17.2 Å². The zero-order valence-electron chi connectivity index (χ0n) is 18.5. The van der Waals surface area contributed by atoms with E-state index in [1.807, 2.05) is 12.1 Å². The highest BCUT2D eigenvalue weighted by Crippen LogP contribution is 2.31. The molecule has 2 aromatic carbocycles. The van der Waals surface area contributed by atoms with Gasteiger partial charge in [0.05, 0.1) is 27.3 Å². The van der Waals surface area contributed by atoms with E-state index in [9.17, 15) is 4.79 Å². The van der Waals surface area contributed by atoms with Crippen molar-refractivity contribution in [2.45, 2.75) is 20.5 Å². The average molecular weight is 429 g/mol. The third-order valence-corrected chi connectivity index (χ3v) is 5.29. The molecule has 7 nitrogen and oxygen atoms in total. The molecule has 0 bridgehead atoms. The number of ether oxygens (including phenoxy) is 4. The third kappa shape index (κ3) is 5.49. The maximum absolute atomic E-state index is 13.0. The number of carbonyl (C=O) groups excluding carboxylic acids is 1. The Labute approximate surface area is 182 Å². The molecule has 1 heterocycles. The number of nitrogens with one attached hydrogen (secondary N) is 1. The fourth-order valence-electron chi connectivity index (χ4n) is 3.36. The molecule has 0 saturated carbocycles. The van der Waals surface area contributed by atoms with Crippen LogP contribution in [0.3, 0.4) is 0 Å². The second-order valence-corrected chi connectivity index (χ2v) is 7.07. The van der Waals surface area contributed by atoms with E-state index in [2.05, 4.69) is 13.8 Å². The maximum atomic E-state index is 13.0. The molecule has 0 aliphatic carbocycles. The minimum Gasteiger partial charge on any atom is -0.497 e. The summed E-state index contributed by atoms with van der Waals surface area (Å²) in [6, 6.07) is 12.6. The Bertz CT molecular complexity index is 991. The van der Waals surface area contributed by atoms with Gasteiger partial charge in [0, 0.05) is 5.39 Å². The van der Waals surface area contributed by atoms with Crippen molar-refractivity contribution in [1.29, 1.82) is 0 Å². The molecule has 7 heteroatoms. The van der Waals surface area contributed by atoms with Crippen LogP contribution in [0.15, 0.2) is 46.9 Å². The molecule has 0 aliphatic heterocycles. The molecule has 0 amide bonds. The minimum atomic E-state index is -0.424. The number of likely N-dealkylation sites (N-methyl/N-ethyl adjacent to an activating group) is 1. The van der Waals surface area contributed by atoms with Gasteiger partial charge in [0.2, 0.25) is 0 Å². The number of fused-ring (bicyclic) bond motifs is 1. The van der Waals surface area contributed by atoms with Gasteiger partial charge in [-0.05, 0) is 56.3 Å². The van der Waals surface area contributed by atoms with E-state index in [4.69, 9.17) is 23.4 Å². The standard InChI is InChI=1S/C24H29NO6/c1-5-25(6-2)13-14-29-24(26)23-20-15-19(28-4)11-12-21(20)31-22(23)16-30-18-9-7-17(27-3)8-10-18/h7-12,15H,5-6,13-14,16H2,1-4H3/p+1. The van der Waals surface area contributed by atoms with Gasteiger partial charge in [0.25, 0.3) is 0 Å². The number of furan rings is 1. The molecule has 1 N–H and O–H groups in total. The van der Waals surface area contributed by atoms with Crippen LogP contribution in [-0.4, -0.2) is 46.4 Å². The first-order valence-corrected chi connectivity index (χ1v) is 10.5. The molecule has 0 aliphatic rings. The monoisotopic (exact) mass is 428 g/mol. The summed E-state index contributed by atoms with van der Waals surface area (Å²) in [6.45, 7) is 7.40. The molecule has 3 rings (SSSR count). The first-order chi connectivity index (χ1) is 15.1. The van der Waals surface area contributed by atoms with Crippen molar-refractivity contribution in [1.82, 2.24) is 0 Å². The molecule has 0 atom stereocenters. The lowest BCUT2D eigenvalue weighted by molar-refractivity contribution is -0.896. The summed E-state index contributed by atoms with van der Waals surface area (Å²) in [5.41, 5.74) is 0.951. The minimum absolute atomic E-state index is 0.0923. The van der Waals surface area contributed by atoms with Crippen molar-refractivity contribution in [3.63, 3.8) is 0 Å². The van der Waals surface area contributed by atoms with Crippen LogP contribution in [0.25, 0.3) is 11.0 Å². The number of methoxy groups -OCH3 is 2. The molecule has 31 heavy (non-hydrogen) atoms. The zero-order valence-corrected chi connectivity index (χ0v) is 18.5. The molecule has 0 unspecified atom stereocenters. The summed E-state index contributed by atoms with van der Waals surface area (Å²) >= 11 is 0. The summed E-state index contributed by atoms with van der Waals surface area (Å²) in [6.07, 6.45) is 0. The SMILES string of the molecule is CC[NH+](CC)CCOC(=O)c1c(COc2ccc(OC)cc2)oc2ccc(OC)cc12. The highest BCUT2D eigenvalue weighted by atomic mass is 16.5. The van der Waals surface area contributed by atoms with Gasteiger partial charge in [0.15, 0.2) is 5.76 Å². The molecule has 1 aromatic heterocycles. The smallest absolute Gasteiger partial charge is 0.342 e. The van der Waals surface area contributed by atoms with Crippen LogP contribution >= 0.6 is 0 Å². The van der Waals surface area contributed by atoms with Crippen LogP contribution in [0.2, 0.25) is 0 Å². The van der Waals surface area contributed by atoms with E-state index in [1.54, 1.807) is 44.6 Å². The summed E-state index contributed by atoms with van der Waals surface area (Å²) < 4.78 is 27.9. The van der Waals surface area contributed by atoms with E-state index in [-0.39, 0.29) is 6.61 Å². The number of hydrogen-bond donors (Lipinski definition) is 1. The lowest BCUT2D eigenvalue weighted by atomic mass is 10.1. The van der Waals surface area contributed by atoms with Gasteiger partial charge in [-0.1, -0.05) is 0 Å². The van der Waals surface area contributed by atoms with Crippen LogP contribution in [0, 0.1) is 0 Å². The van der Waals surface area contributed by atoms with Crippen molar-refractivity contribution >= 4 is 16.9 Å². The number of hydrogen-bond acceptors (Lipinski definition) is 6. The van der Waals surface area contributed by atoms with Crippen molar-refractivity contribution in [2.75, 3.05) is 40.5 Å². The lowest BCUT2D eigenvalue weighted by Gasteiger charge is -2.15. The lowest BCUT2D eigenvalue weighted by Crippen LogP contribution is -3.11. The Balaban J connectivity index is 1.82. The number of rotatable bonds is 11. The van der Waals surface area contributed by atoms with E-state index >= 15 is 0 Å². The second-order valence-electron chi connectivity index (χ2n) is 7.07. The Hall–Kier alpha value is -3.19. The summed E-state index contributed by atoms with van der Waals surface area (Å²) in [5, 5.41) is 0.646. The van der Waals surface area contributed by atoms with E-state index in [0.717, 1.165) is 25.4 Å². The third-order valence-electron chi connectivity index (χ3n) is 5.29. The molecular weight excluding hydrogens is 398 g/mol. The summed E-state index contributed by atoms with van der Waals surface area (Å²) in [5.74, 6) is 2.01. The van der Waals surface area contributed by atoms with Crippen LogP contribution in [0.4, 0.5) is 0 Å².